The molecule has 0 spiro atoms. The first-order valence-electron chi connectivity index (χ1n) is 50.6. The van der Waals surface area contributed by atoms with E-state index >= 15 is 0 Å². The van der Waals surface area contributed by atoms with Crippen LogP contribution < -0.4 is 0 Å². The Morgan fingerprint density at radius 2 is 0.233 bits per heavy atom. The second-order valence-electron chi connectivity index (χ2n) is 38.6. The lowest BCUT2D eigenvalue weighted by atomic mass is 9.84. The van der Waals surface area contributed by atoms with E-state index in [0.29, 0.717) is 0 Å². The van der Waals surface area contributed by atoms with Crippen molar-refractivity contribution in [3.05, 3.63) is 570 Å². The molecule has 0 bridgehead atoms. The molecule has 0 aliphatic heterocycles. The van der Waals surface area contributed by atoms with Crippen molar-refractivity contribution in [3.8, 4) is 134 Å². The van der Waals surface area contributed by atoms with Crippen molar-refractivity contribution >= 4 is 151 Å². The summed E-state index contributed by atoms with van der Waals surface area (Å²) in [6, 6.07) is 209. The van der Waals surface area contributed by atoms with Crippen LogP contribution in [0.1, 0.15) is 0 Å². The molecule has 0 nitrogen and oxygen atoms in total. The Kier molecular flexibility index (Phi) is 21.8. The quantitative estimate of drug-likeness (QED) is 0.107. The van der Waals surface area contributed by atoms with Crippen LogP contribution in [0, 0.1) is 0 Å². The molecule has 29 aromatic carbocycles. The topological polar surface area (TPSA) is 0 Å². The SMILES string of the molecule is c1cc(-c2ccc3cc(-c4ccc5ccccc5c4)ccc3c2)cc(-c2c3ccccc3c(-c3cccc4ccccc34)c3ccccc23)c1.c1cc(-c2ccc3cc(-c4cccc5ccccc45)ccc3c2)cc(-c2c3ccccc3c(-c3cccc4ccccc34)c3ccccc23)c1.c1ccc(-c2ccc3cc(-c4cccc(-c5c6ccccc6c(-c6cccc7ccccc67)c6ccccc56)c4)ccc3c2)cc1. The molecule has 0 atom stereocenters. The zero-order valence-electron chi connectivity index (χ0n) is 80.3. The molecule has 0 aliphatic rings. The van der Waals surface area contributed by atoms with Crippen LogP contribution in [0.3, 0.4) is 0 Å². The second kappa shape index (κ2) is 36.9. The molecule has 0 unspecified atom stereocenters. The average Bonchev–Trinajstić information content (AvgIpc) is 0.733. The van der Waals surface area contributed by atoms with Crippen molar-refractivity contribution < 1.29 is 0 Å². The summed E-state index contributed by atoms with van der Waals surface area (Å²) in [6.45, 7) is 0. The Morgan fingerprint density at radius 1 is 0.0685 bits per heavy atom. The van der Waals surface area contributed by atoms with E-state index in [9.17, 15) is 0 Å². The minimum absolute atomic E-state index is 1.22. The third-order valence-electron chi connectivity index (χ3n) is 30.2. The van der Waals surface area contributed by atoms with Gasteiger partial charge in [0.1, 0.15) is 0 Å². The summed E-state index contributed by atoms with van der Waals surface area (Å²) in [6.07, 6.45) is 0. The van der Waals surface area contributed by atoms with E-state index in [1.165, 1.54) is 284 Å². The fourth-order valence-electron chi connectivity index (χ4n) is 23.4. The van der Waals surface area contributed by atoms with Crippen LogP contribution in [0.25, 0.3) is 284 Å². The Hall–Kier alpha value is -19.0. The van der Waals surface area contributed by atoms with Gasteiger partial charge in [0.2, 0.25) is 0 Å². The summed E-state index contributed by atoms with van der Waals surface area (Å²) >= 11 is 0. The predicted octanol–water partition coefficient (Wildman–Crippen LogP) is 41.2. The lowest BCUT2D eigenvalue weighted by molar-refractivity contribution is 1.62. The summed E-state index contributed by atoms with van der Waals surface area (Å²) in [7, 11) is 0. The van der Waals surface area contributed by atoms with Crippen molar-refractivity contribution in [2.24, 2.45) is 0 Å². The van der Waals surface area contributed by atoms with E-state index in [4.69, 9.17) is 0 Å². The van der Waals surface area contributed by atoms with Crippen LogP contribution in [0.15, 0.2) is 570 Å². The summed E-state index contributed by atoms with van der Waals surface area (Å²) in [4.78, 5) is 0. The van der Waals surface area contributed by atoms with E-state index in [2.05, 4.69) is 570 Å². The van der Waals surface area contributed by atoms with Crippen molar-refractivity contribution in [2.45, 2.75) is 0 Å². The Labute approximate surface area is 848 Å². The highest BCUT2D eigenvalue weighted by atomic mass is 14.3. The maximum Gasteiger partial charge on any atom is -0.00201 e. The third kappa shape index (κ3) is 15.6. The van der Waals surface area contributed by atoms with Gasteiger partial charge >= 0.3 is 0 Å². The first kappa shape index (κ1) is 86.1. The summed E-state index contributed by atoms with van der Waals surface area (Å²) < 4.78 is 0. The van der Waals surface area contributed by atoms with Gasteiger partial charge in [-0.25, -0.2) is 0 Å². The largest absolute Gasteiger partial charge is 0.0622 e. The van der Waals surface area contributed by atoms with Crippen LogP contribution in [-0.4, -0.2) is 0 Å². The van der Waals surface area contributed by atoms with Crippen LogP contribution in [0.2, 0.25) is 0 Å². The summed E-state index contributed by atoms with van der Waals surface area (Å²) in [5, 5.41) is 35.5. The molecule has 0 fully saturated rings. The van der Waals surface area contributed by atoms with Crippen molar-refractivity contribution in [3.63, 3.8) is 0 Å². The molecule has 678 valence electrons. The van der Waals surface area contributed by atoms with Gasteiger partial charge in [-0.2, -0.15) is 0 Å². The van der Waals surface area contributed by atoms with E-state index < -0.39 is 0 Å². The lowest BCUT2D eigenvalue weighted by Gasteiger charge is -2.19. The number of hydrogen-bond acceptors (Lipinski definition) is 0. The smallest absolute Gasteiger partial charge is 0.00201 e. The van der Waals surface area contributed by atoms with Gasteiger partial charge in [-0.15, -0.1) is 0 Å². The first-order chi connectivity index (χ1) is 72.4. The van der Waals surface area contributed by atoms with Crippen molar-refractivity contribution in [1.29, 1.82) is 0 Å². The molecule has 0 saturated carbocycles. The Bertz CT molecular complexity index is 10100. The molecular weight excluding hydrogens is 1750 g/mol. The highest BCUT2D eigenvalue weighted by Crippen LogP contribution is 2.52. The van der Waals surface area contributed by atoms with Gasteiger partial charge in [-0.05, 0) is 345 Å². The number of rotatable bonds is 12. The molecule has 0 radical (unpaired) electrons. The zero-order chi connectivity index (χ0) is 96.5. The van der Waals surface area contributed by atoms with E-state index in [1.54, 1.807) is 0 Å². The van der Waals surface area contributed by atoms with Gasteiger partial charge in [0.25, 0.3) is 0 Å². The molecule has 0 N–H and O–H groups in total. The minimum atomic E-state index is 1.22. The average molecular weight is 1850 g/mol. The highest BCUT2D eigenvalue weighted by molar-refractivity contribution is 6.27. The molecule has 0 amide bonds. The fourth-order valence-corrected chi connectivity index (χ4v) is 23.4. The Morgan fingerprint density at radius 3 is 0.521 bits per heavy atom. The van der Waals surface area contributed by atoms with Gasteiger partial charge < -0.3 is 0 Å². The standard InChI is InChI=1S/2C50H32.C46H30/c1-3-18-41-33(12-1)14-10-24-43(41)39-29-28-37-30-36(26-27-38(37)31-39)35-16-9-17-40(32-35)49-45-20-5-7-22-47(45)50(48-23-8-6-21-46(48)49)44-25-11-15-34-13-2-4-19-42(34)44;1-2-13-35-29-38(24-23-33(35)11-1)40-28-27-39-30-37(25-26-41(39)31-40)36-15-9-16-42(32-36)49-45-18-5-7-20-47(45)50(48-21-8-6-19-46(48)49)44-22-10-14-34-12-3-4-17-43(34)44;1-2-12-31(13-3-1)34-24-25-37-29-35(26-27-36(37)28-34)33-16-10-17-38(30-33)45-41-19-6-8-21-43(41)46(44-22-9-7-20-42(44)45)40-23-11-15-32-14-4-5-18-39(32)40/h2*1-32H;1-30H. The molecule has 146 heavy (non-hydrogen) atoms. The molecule has 0 saturated heterocycles. The molecule has 0 heterocycles. The maximum atomic E-state index is 2.37. The summed E-state index contributed by atoms with van der Waals surface area (Å²) in [5.41, 5.74) is 30.1. The number of benzene rings is 29. The number of fused-ring (bicyclic) bond motifs is 14. The van der Waals surface area contributed by atoms with Crippen molar-refractivity contribution in [1.82, 2.24) is 0 Å². The first-order valence-corrected chi connectivity index (χ1v) is 50.6. The summed E-state index contributed by atoms with van der Waals surface area (Å²) in [5.74, 6) is 0. The third-order valence-corrected chi connectivity index (χ3v) is 30.2. The van der Waals surface area contributed by atoms with E-state index in [1.807, 2.05) is 0 Å². The normalized spacial score (nSPS) is 11.6. The van der Waals surface area contributed by atoms with Gasteiger partial charge in [0.15, 0.2) is 0 Å². The van der Waals surface area contributed by atoms with Crippen LogP contribution in [-0.2, 0) is 0 Å². The van der Waals surface area contributed by atoms with Gasteiger partial charge in [-0.3, -0.25) is 0 Å². The zero-order valence-corrected chi connectivity index (χ0v) is 80.3. The van der Waals surface area contributed by atoms with Crippen LogP contribution in [0.4, 0.5) is 0 Å². The van der Waals surface area contributed by atoms with Gasteiger partial charge in [0.05, 0.1) is 0 Å². The second-order valence-corrected chi connectivity index (χ2v) is 38.6. The number of hydrogen-bond donors (Lipinski definition) is 0. The van der Waals surface area contributed by atoms with Crippen LogP contribution in [0.5, 0.6) is 0 Å². The van der Waals surface area contributed by atoms with E-state index in [0.717, 1.165) is 0 Å². The molecule has 29 rings (SSSR count). The molecule has 0 aromatic heterocycles. The van der Waals surface area contributed by atoms with Crippen LogP contribution >= 0.6 is 0 Å². The lowest BCUT2D eigenvalue weighted by Crippen LogP contribution is -1.92. The Balaban J connectivity index is 0.000000109. The molecular formula is C146H94. The maximum absolute atomic E-state index is 2.37. The molecule has 29 aromatic rings. The molecule has 0 aliphatic carbocycles. The monoisotopic (exact) mass is 1850 g/mol. The highest BCUT2D eigenvalue weighted by Gasteiger charge is 2.25. The predicted molar refractivity (Wildman–Crippen MR) is 630 cm³/mol. The van der Waals surface area contributed by atoms with Crippen molar-refractivity contribution in [2.75, 3.05) is 0 Å². The van der Waals surface area contributed by atoms with Gasteiger partial charge in [-0.1, -0.05) is 510 Å². The van der Waals surface area contributed by atoms with Gasteiger partial charge in [0, 0.05) is 0 Å². The van der Waals surface area contributed by atoms with E-state index in [-0.39, 0.29) is 0 Å². The minimum Gasteiger partial charge on any atom is -0.0622 e. The molecule has 0 heteroatoms. The fraction of sp³-hybridized carbons (Fsp3) is 0.